The van der Waals surface area contributed by atoms with Crippen molar-refractivity contribution in [3.05, 3.63) is 0 Å². The SMILES string of the molecule is CSC1(CNC(=O)NC2(CC(=O)O)CCC2)CCC1. The third-order valence-electron chi connectivity index (χ3n) is 4.45. The van der Waals surface area contributed by atoms with E-state index in [9.17, 15) is 9.59 Å². The van der Waals surface area contributed by atoms with Gasteiger partial charge in [-0.15, -0.1) is 0 Å². The molecule has 2 rings (SSSR count). The first-order chi connectivity index (χ1) is 8.99. The van der Waals surface area contributed by atoms with Crippen molar-refractivity contribution in [2.24, 2.45) is 0 Å². The van der Waals surface area contributed by atoms with E-state index < -0.39 is 11.5 Å². The molecular formula is C13H22N2O3S. The summed E-state index contributed by atoms with van der Waals surface area (Å²) in [5.41, 5.74) is -0.512. The van der Waals surface area contributed by atoms with Gasteiger partial charge in [-0.05, 0) is 38.4 Å². The van der Waals surface area contributed by atoms with Gasteiger partial charge in [0, 0.05) is 11.3 Å². The molecule has 0 bridgehead atoms. The summed E-state index contributed by atoms with van der Waals surface area (Å²) in [4.78, 5) is 22.7. The highest BCUT2D eigenvalue weighted by atomic mass is 32.2. The van der Waals surface area contributed by atoms with E-state index >= 15 is 0 Å². The minimum Gasteiger partial charge on any atom is -0.481 e. The highest BCUT2D eigenvalue weighted by Gasteiger charge is 2.41. The first kappa shape index (κ1) is 14.5. The Morgan fingerprint density at radius 3 is 2.21 bits per heavy atom. The van der Waals surface area contributed by atoms with Crippen LogP contribution in [0, 0.1) is 0 Å². The molecule has 0 spiro atoms. The van der Waals surface area contributed by atoms with Gasteiger partial charge in [-0.3, -0.25) is 4.79 Å². The Morgan fingerprint density at radius 1 is 1.21 bits per heavy atom. The maximum absolute atomic E-state index is 11.9. The van der Waals surface area contributed by atoms with E-state index in [0.717, 1.165) is 32.1 Å². The number of carbonyl (C=O) groups is 2. The van der Waals surface area contributed by atoms with Crippen LogP contribution in [0.3, 0.4) is 0 Å². The molecule has 0 saturated heterocycles. The van der Waals surface area contributed by atoms with Crippen LogP contribution in [0.4, 0.5) is 4.79 Å². The average Bonchev–Trinajstić information content (AvgIpc) is 2.24. The highest BCUT2D eigenvalue weighted by Crippen LogP contribution is 2.42. The van der Waals surface area contributed by atoms with Gasteiger partial charge in [0.15, 0.2) is 0 Å². The molecule has 3 N–H and O–H groups in total. The third-order valence-corrected chi connectivity index (χ3v) is 5.87. The Kier molecular flexibility index (Phi) is 4.28. The summed E-state index contributed by atoms with van der Waals surface area (Å²) in [6, 6.07) is -0.221. The molecule has 5 nitrogen and oxygen atoms in total. The Bertz CT molecular complexity index is 359. The van der Waals surface area contributed by atoms with Crippen LogP contribution in [0.5, 0.6) is 0 Å². The fraction of sp³-hybridized carbons (Fsp3) is 0.846. The first-order valence-electron chi connectivity index (χ1n) is 6.82. The number of carbonyl (C=O) groups excluding carboxylic acids is 1. The second kappa shape index (κ2) is 5.61. The molecule has 2 amide bonds. The number of carboxylic acid groups (broad SMARTS) is 1. The van der Waals surface area contributed by atoms with Crippen molar-refractivity contribution in [1.82, 2.24) is 10.6 Å². The minimum atomic E-state index is -0.848. The minimum absolute atomic E-state index is 0.0219. The maximum Gasteiger partial charge on any atom is 0.315 e. The molecule has 2 fully saturated rings. The molecule has 0 atom stereocenters. The summed E-state index contributed by atoms with van der Waals surface area (Å²) in [5, 5.41) is 14.7. The zero-order chi connectivity index (χ0) is 13.9. The zero-order valence-corrected chi connectivity index (χ0v) is 12.1. The van der Waals surface area contributed by atoms with Crippen LogP contribution < -0.4 is 10.6 Å². The maximum atomic E-state index is 11.9. The predicted octanol–water partition coefficient (Wildman–Crippen LogP) is 1.97. The number of hydrogen-bond donors (Lipinski definition) is 3. The van der Waals surface area contributed by atoms with E-state index in [2.05, 4.69) is 16.9 Å². The quantitative estimate of drug-likeness (QED) is 0.697. The molecule has 108 valence electrons. The lowest BCUT2D eigenvalue weighted by molar-refractivity contribution is -0.139. The molecular weight excluding hydrogens is 264 g/mol. The number of carboxylic acids is 1. The smallest absolute Gasteiger partial charge is 0.315 e. The summed E-state index contributed by atoms with van der Waals surface area (Å²) >= 11 is 1.81. The second-order valence-corrected chi connectivity index (χ2v) is 7.03. The summed E-state index contributed by atoms with van der Waals surface area (Å²) in [6.07, 6.45) is 8.14. The molecule has 0 aromatic rings. The Morgan fingerprint density at radius 2 is 1.84 bits per heavy atom. The van der Waals surface area contributed by atoms with Gasteiger partial charge >= 0.3 is 12.0 Å². The summed E-state index contributed by atoms with van der Waals surface area (Å²) < 4.78 is 0.205. The van der Waals surface area contributed by atoms with Gasteiger partial charge in [0.05, 0.1) is 12.0 Å². The van der Waals surface area contributed by atoms with Gasteiger partial charge < -0.3 is 15.7 Å². The number of amides is 2. The summed E-state index contributed by atoms with van der Waals surface area (Å²) in [5.74, 6) is -0.848. The van der Waals surface area contributed by atoms with Crippen molar-refractivity contribution < 1.29 is 14.7 Å². The van der Waals surface area contributed by atoms with Crippen LogP contribution in [0.25, 0.3) is 0 Å². The molecule has 0 unspecified atom stereocenters. The van der Waals surface area contributed by atoms with Gasteiger partial charge in [-0.25, -0.2) is 4.79 Å². The van der Waals surface area contributed by atoms with Crippen molar-refractivity contribution >= 4 is 23.8 Å². The molecule has 0 aromatic heterocycles. The van der Waals surface area contributed by atoms with E-state index in [0.29, 0.717) is 6.54 Å². The van der Waals surface area contributed by atoms with Crippen LogP contribution in [-0.4, -0.2) is 40.2 Å². The van der Waals surface area contributed by atoms with E-state index in [1.807, 2.05) is 11.8 Å². The van der Waals surface area contributed by atoms with Gasteiger partial charge in [0.1, 0.15) is 0 Å². The van der Waals surface area contributed by atoms with Gasteiger partial charge in [-0.1, -0.05) is 6.42 Å². The average molecular weight is 286 g/mol. The predicted molar refractivity (Wildman–Crippen MR) is 75.5 cm³/mol. The third kappa shape index (κ3) is 3.35. The lowest BCUT2D eigenvalue weighted by Gasteiger charge is -2.43. The molecule has 2 saturated carbocycles. The molecule has 0 aliphatic heterocycles. The van der Waals surface area contributed by atoms with Crippen LogP contribution in [0.2, 0.25) is 0 Å². The fourth-order valence-electron chi connectivity index (χ4n) is 2.79. The van der Waals surface area contributed by atoms with Crippen molar-refractivity contribution in [3.63, 3.8) is 0 Å². The molecule has 19 heavy (non-hydrogen) atoms. The first-order valence-corrected chi connectivity index (χ1v) is 8.05. The Hall–Kier alpha value is -0.910. The fourth-order valence-corrected chi connectivity index (χ4v) is 3.70. The van der Waals surface area contributed by atoms with Crippen molar-refractivity contribution in [1.29, 1.82) is 0 Å². The molecule has 6 heteroatoms. The standard InChI is InChI=1S/C13H22N2O3S/c1-19-13(6-3-7-13)9-14-11(18)15-12(4-2-5-12)8-10(16)17/h2-9H2,1H3,(H,16,17)(H2,14,15,18). The van der Waals surface area contributed by atoms with E-state index in [-0.39, 0.29) is 17.2 Å². The number of rotatable bonds is 6. The Balaban J connectivity index is 1.78. The van der Waals surface area contributed by atoms with E-state index in [1.165, 1.54) is 6.42 Å². The molecule has 0 heterocycles. The number of hydrogen-bond acceptors (Lipinski definition) is 3. The number of thioether (sulfide) groups is 1. The molecule has 2 aliphatic rings. The molecule has 0 radical (unpaired) electrons. The van der Waals surface area contributed by atoms with Crippen molar-refractivity contribution in [2.45, 2.75) is 55.2 Å². The normalized spacial score (nSPS) is 22.8. The number of urea groups is 1. The van der Waals surface area contributed by atoms with Crippen LogP contribution in [-0.2, 0) is 4.79 Å². The lowest BCUT2D eigenvalue weighted by Crippen LogP contribution is -2.58. The number of nitrogens with one attached hydrogen (secondary N) is 2. The second-order valence-electron chi connectivity index (χ2n) is 5.75. The molecule has 0 aromatic carbocycles. The molecule has 2 aliphatic carbocycles. The Labute approximate surface area is 117 Å². The van der Waals surface area contributed by atoms with Crippen molar-refractivity contribution in [3.8, 4) is 0 Å². The topological polar surface area (TPSA) is 78.4 Å². The van der Waals surface area contributed by atoms with Gasteiger partial charge in [-0.2, -0.15) is 11.8 Å². The van der Waals surface area contributed by atoms with E-state index in [4.69, 9.17) is 5.11 Å². The van der Waals surface area contributed by atoms with Crippen molar-refractivity contribution in [2.75, 3.05) is 12.8 Å². The number of aliphatic carboxylic acids is 1. The van der Waals surface area contributed by atoms with Crippen LogP contribution in [0.15, 0.2) is 0 Å². The van der Waals surface area contributed by atoms with Crippen LogP contribution >= 0.6 is 11.8 Å². The lowest BCUT2D eigenvalue weighted by atomic mass is 9.74. The van der Waals surface area contributed by atoms with E-state index in [1.54, 1.807) is 0 Å². The zero-order valence-electron chi connectivity index (χ0n) is 11.3. The largest absolute Gasteiger partial charge is 0.481 e. The summed E-state index contributed by atoms with van der Waals surface area (Å²) in [6.45, 7) is 0.670. The summed E-state index contributed by atoms with van der Waals surface area (Å²) in [7, 11) is 0. The highest BCUT2D eigenvalue weighted by molar-refractivity contribution is 8.00. The van der Waals surface area contributed by atoms with Crippen LogP contribution in [0.1, 0.15) is 44.9 Å². The van der Waals surface area contributed by atoms with Gasteiger partial charge in [0.25, 0.3) is 0 Å². The van der Waals surface area contributed by atoms with Gasteiger partial charge in [0.2, 0.25) is 0 Å². The monoisotopic (exact) mass is 286 g/mol.